The summed E-state index contributed by atoms with van der Waals surface area (Å²) in [6.45, 7) is 0. The van der Waals surface area contributed by atoms with Gasteiger partial charge in [-0.25, -0.2) is 0 Å². The summed E-state index contributed by atoms with van der Waals surface area (Å²) in [7, 11) is 0. The van der Waals surface area contributed by atoms with Gasteiger partial charge in [0.15, 0.2) is 0 Å². The van der Waals surface area contributed by atoms with E-state index in [-0.39, 0.29) is 36.9 Å². The Bertz CT molecular complexity index is 302. The topological polar surface area (TPSA) is 0 Å². The van der Waals surface area contributed by atoms with Crippen LogP contribution in [-0.4, -0.2) is 0 Å². The van der Waals surface area contributed by atoms with Crippen LogP contribution in [-0.2, 0) is 17.1 Å². The zero-order valence-corrected chi connectivity index (χ0v) is 13.9. The molecule has 0 unspecified atom stereocenters. The first-order chi connectivity index (χ1) is 9.00. The first-order valence-corrected chi connectivity index (χ1v) is 5.73. The summed E-state index contributed by atoms with van der Waals surface area (Å²) >= 11 is 0. The van der Waals surface area contributed by atoms with E-state index < -0.39 is 0 Å². The molecule has 1 radical (unpaired) electrons. The largest absolute Gasteiger partial charge is 1.00 e. The molecule has 0 bridgehead atoms. The predicted octanol–water partition coefficient (Wildman–Crippen LogP) is 1.91. The van der Waals surface area contributed by atoms with Crippen LogP contribution in [0.1, 0.15) is 0 Å². The standard InChI is InChI=1S/3C6H5.CH3.ClH.Mn/c3*1-2-4-6-5-3-1;;;/h3*1-5H;1H3;1H;/q4*-1;;/p-1. The fraction of sp³-hybridized carbons (Fsp3) is 0. The van der Waals surface area contributed by atoms with Gasteiger partial charge >= 0.3 is 0 Å². The third kappa shape index (κ3) is 18.5. The number of hydrogen-bond acceptors (Lipinski definition) is 0. The Morgan fingerprint density at radius 2 is 0.571 bits per heavy atom. The summed E-state index contributed by atoms with van der Waals surface area (Å²) in [5.41, 5.74) is 0. The molecule has 0 aliphatic carbocycles. The first kappa shape index (κ1) is 24.5. The van der Waals surface area contributed by atoms with Crippen molar-refractivity contribution in [2.45, 2.75) is 0 Å². The number of benzene rings is 3. The van der Waals surface area contributed by atoms with Crippen molar-refractivity contribution in [3.63, 3.8) is 0 Å². The molecule has 0 spiro atoms. The van der Waals surface area contributed by atoms with Crippen LogP contribution in [0.3, 0.4) is 0 Å². The molecule has 0 aliphatic heterocycles. The maximum Gasteiger partial charge on any atom is 0 e. The molecule has 0 nitrogen and oxygen atoms in total. The van der Waals surface area contributed by atoms with Gasteiger partial charge in [-0.1, -0.05) is 0 Å². The van der Waals surface area contributed by atoms with E-state index in [1.807, 2.05) is 91.0 Å². The Kier molecular flexibility index (Phi) is 24.2. The van der Waals surface area contributed by atoms with Crippen LogP contribution < -0.4 is 12.4 Å². The van der Waals surface area contributed by atoms with E-state index in [9.17, 15) is 0 Å². The molecule has 0 N–H and O–H groups in total. The van der Waals surface area contributed by atoms with E-state index >= 15 is 0 Å². The molecule has 0 saturated carbocycles. The predicted molar refractivity (Wildman–Crippen MR) is 82.2 cm³/mol. The molecule has 0 heterocycles. The van der Waals surface area contributed by atoms with Crippen LogP contribution >= 0.6 is 0 Å². The second kappa shape index (κ2) is 20.8. The van der Waals surface area contributed by atoms with Crippen molar-refractivity contribution in [1.82, 2.24) is 0 Å². The molecule has 0 aromatic heterocycles. The van der Waals surface area contributed by atoms with Gasteiger partial charge in [-0.05, 0) is 0 Å². The summed E-state index contributed by atoms with van der Waals surface area (Å²) < 4.78 is 0. The molecule has 0 saturated heterocycles. The normalized spacial score (nSPS) is 6.86. The van der Waals surface area contributed by atoms with Gasteiger partial charge in [0, 0.05) is 17.1 Å². The van der Waals surface area contributed by atoms with Gasteiger partial charge in [-0.3, -0.25) is 0 Å². The number of hydrogen-bond donors (Lipinski definition) is 0. The second-order valence-electron chi connectivity index (χ2n) is 3.23. The summed E-state index contributed by atoms with van der Waals surface area (Å²) in [6.07, 6.45) is 0. The first-order valence-electron chi connectivity index (χ1n) is 5.73. The van der Waals surface area contributed by atoms with Crippen molar-refractivity contribution in [3.8, 4) is 0 Å². The Morgan fingerprint density at radius 3 is 0.619 bits per heavy atom. The average molecular weight is 337 g/mol. The Labute approximate surface area is 146 Å². The molecular weight excluding hydrogens is 319 g/mol. The zero-order chi connectivity index (χ0) is 12.7. The van der Waals surface area contributed by atoms with Crippen molar-refractivity contribution >= 4 is 0 Å². The Hall–Kier alpha value is -1.53. The van der Waals surface area contributed by atoms with Crippen molar-refractivity contribution in [3.05, 3.63) is 117 Å². The number of halogens is 1. The van der Waals surface area contributed by atoms with E-state index in [1.165, 1.54) is 0 Å². The maximum absolute atomic E-state index is 2.89. The molecule has 0 atom stereocenters. The van der Waals surface area contributed by atoms with E-state index in [1.54, 1.807) is 0 Å². The van der Waals surface area contributed by atoms with Crippen LogP contribution in [0, 0.1) is 25.6 Å². The smallest absolute Gasteiger partial charge is 0 e. The summed E-state index contributed by atoms with van der Waals surface area (Å²) in [5, 5.41) is 0. The molecule has 3 rings (SSSR count). The molecule has 3 aromatic carbocycles. The van der Waals surface area contributed by atoms with E-state index in [0.717, 1.165) is 0 Å². The number of rotatable bonds is 0. The van der Waals surface area contributed by atoms with Crippen molar-refractivity contribution in [2.24, 2.45) is 0 Å². The van der Waals surface area contributed by atoms with E-state index in [4.69, 9.17) is 0 Å². The van der Waals surface area contributed by atoms with Gasteiger partial charge in [0.1, 0.15) is 0 Å². The zero-order valence-electron chi connectivity index (χ0n) is 11.9. The SMILES string of the molecule is [CH3-].[Cl-].[Mn].[c-]1ccccc1.[c-]1ccccc1.[c-]1ccccc1. The van der Waals surface area contributed by atoms with Crippen LogP contribution in [0.2, 0.25) is 0 Å². The third-order valence-corrected chi connectivity index (χ3v) is 1.82. The minimum atomic E-state index is 0. The molecule has 0 amide bonds. The molecule has 0 fully saturated rings. The van der Waals surface area contributed by atoms with Crippen LogP contribution in [0.15, 0.2) is 91.0 Å². The fourth-order valence-corrected chi connectivity index (χ4v) is 1.03. The van der Waals surface area contributed by atoms with Gasteiger partial charge in [-0.15, -0.1) is 0 Å². The summed E-state index contributed by atoms with van der Waals surface area (Å²) in [6, 6.07) is 37.5. The molecule has 0 aliphatic rings. The van der Waals surface area contributed by atoms with E-state index in [2.05, 4.69) is 18.2 Å². The fourth-order valence-electron chi connectivity index (χ4n) is 1.03. The Morgan fingerprint density at radius 1 is 0.381 bits per heavy atom. The molecule has 21 heavy (non-hydrogen) atoms. The van der Waals surface area contributed by atoms with Crippen LogP contribution in [0.4, 0.5) is 0 Å². The Balaban J connectivity index is -0.000000216. The van der Waals surface area contributed by atoms with Gasteiger partial charge in [-0.2, -0.15) is 109 Å². The van der Waals surface area contributed by atoms with Crippen molar-refractivity contribution in [2.75, 3.05) is 0 Å². The maximum atomic E-state index is 2.89. The van der Waals surface area contributed by atoms with Gasteiger partial charge < -0.3 is 19.8 Å². The van der Waals surface area contributed by atoms with Crippen LogP contribution in [0.25, 0.3) is 0 Å². The minimum Gasteiger partial charge on any atom is -1.00 e. The third-order valence-electron chi connectivity index (χ3n) is 1.82. The summed E-state index contributed by atoms with van der Waals surface area (Å²) in [4.78, 5) is 0. The quantitative estimate of drug-likeness (QED) is 0.434. The minimum absolute atomic E-state index is 0. The monoisotopic (exact) mass is 336 g/mol. The second-order valence-corrected chi connectivity index (χ2v) is 3.23. The molecule has 2 heteroatoms. The van der Waals surface area contributed by atoms with Crippen molar-refractivity contribution < 1.29 is 29.5 Å². The summed E-state index contributed by atoms with van der Waals surface area (Å²) in [5.74, 6) is 0. The molecule has 3 aromatic rings. The van der Waals surface area contributed by atoms with Crippen molar-refractivity contribution in [1.29, 1.82) is 0 Å². The van der Waals surface area contributed by atoms with Gasteiger partial charge in [0.2, 0.25) is 0 Å². The molecular formula is C19H18ClMn-5. The average Bonchev–Trinajstić information content (AvgIpc) is 2.54. The molecule has 113 valence electrons. The van der Waals surface area contributed by atoms with Gasteiger partial charge in [0.05, 0.1) is 0 Å². The van der Waals surface area contributed by atoms with Crippen LogP contribution in [0.5, 0.6) is 0 Å². The van der Waals surface area contributed by atoms with Gasteiger partial charge in [0.25, 0.3) is 0 Å². The van der Waals surface area contributed by atoms with E-state index in [0.29, 0.717) is 0 Å².